The molecule has 0 bridgehead atoms. The molecule has 10 heteroatoms. The summed E-state index contributed by atoms with van der Waals surface area (Å²) in [4.78, 5) is 17.2. The van der Waals surface area contributed by atoms with Gasteiger partial charge in [-0.15, -0.1) is 0 Å². The van der Waals surface area contributed by atoms with E-state index in [0.717, 1.165) is 11.8 Å². The maximum atomic E-state index is 12.8. The van der Waals surface area contributed by atoms with Crippen molar-refractivity contribution in [3.63, 3.8) is 0 Å². The van der Waals surface area contributed by atoms with E-state index >= 15 is 0 Å². The van der Waals surface area contributed by atoms with E-state index in [4.69, 9.17) is 11.6 Å². The number of halogens is 1. The zero-order valence-electron chi connectivity index (χ0n) is 16.7. The second-order valence-electron chi connectivity index (χ2n) is 7.22. The van der Waals surface area contributed by atoms with Crippen LogP contribution in [-0.2, 0) is 33.5 Å². The normalized spacial score (nSPS) is 11.7. The molecule has 0 aliphatic rings. The second-order valence-corrected chi connectivity index (χ2v) is 9.80. The number of carbonyl (C=O) groups excluding carboxylic acids is 1. The van der Waals surface area contributed by atoms with Gasteiger partial charge in [-0.2, -0.15) is 5.10 Å². The van der Waals surface area contributed by atoms with Crippen LogP contribution in [0, 0.1) is 0 Å². The quantitative estimate of drug-likeness (QED) is 0.459. The zero-order valence-corrected chi connectivity index (χ0v) is 18.3. The van der Waals surface area contributed by atoms with Crippen LogP contribution in [0.15, 0.2) is 60.8 Å². The number of anilines is 1. The van der Waals surface area contributed by atoms with Crippen molar-refractivity contribution in [1.82, 2.24) is 19.3 Å². The van der Waals surface area contributed by atoms with Crippen LogP contribution in [0.1, 0.15) is 11.4 Å². The molecule has 1 N–H and O–H groups in total. The molecule has 0 unspecified atom stereocenters. The minimum atomic E-state index is -3.32. The number of nitrogens with one attached hydrogen (secondary N) is 1. The molecule has 2 aromatic heterocycles. The summed E-state index contributed by atoms with van der Waals surface area (Å²) >= 11 is 5.93. The molecule has 0 saturated carbocycles. The van der Waals surface area contributed by atoms with Gasteiger partial charge >= 0.3 is 0 Å². The van der Waals surface area contributed by atoms with Crippen molar-refractivity contribution in [1.29, 1.82) is 0 Å². The summed E-state index contributed by atoms with van der Waals surface area (Å²) in [5, 5.41) is 7.77. The van der Waals surface area contributed by atoms with Gasteiger partial charge in [0.2, 0.25) is 5.91 Å². The molecule has 4 aromatic rings. The monoisotopic (exact) mass is 457 g/mol. The van der Waals surface area contributed by atoms with Gasteiger partial charge in [0.05, 0.1) is 23.8 Å². The van der Waals surface area contributed by atoms with Gasteiger partial charge in [0.1, 0.15) is 23.9 Å². The van der Waals surface area contributed by atoms with Crippen LogP contribution in [0.3, 0.4) is 0 Å². The molecule has 4 rings (SSSR count). The highest BCUT2D eigenvalue weighted by Crippen LogP contribution is 2.19. The third kappa shape index (κ3) is 5.12. The van der Waals surface area contributed by atoms with Gasteiger partial charge in [-0.1, -0.05) is 35.9 Å². The molecular weight excluding hydrogens is 438 g/mol. The zero-order chi connectivity index (χ0) is 22.0. The smallest absolute Gasteiger partial charge is 0.245 e. The van der Waals surface area contributed by atoms with Gasteiger partial charge < -0.3 is 9.88 Å². The number of benzene rings is 2. The average Bonchev–Trinajstić information content (AvgIpc) is 3.27. The number of sulfone groups is 1. The molecule has 0 atom stereocenters. The van der Waals surface area contributed by atoms with Crippen LogP contribution >= 0.6 is 11.6 Å². The average molecular weight is 458 g/mol. The minimum absolute atomic E-state index is 0.0719. The van der Waals surface area contributed by atoms with Gasteiger partial charge in [0.25, 0.3) is 0 Å². The third-order valence-electron chi connectivity index (χ3n) is 4.66. The summed E-state index contributed by atoms with van der Waals surface area (Å²) in [7, 11) is -3.32. The highest BCUT2D eigenvalue weighted by molar-refractivity contribution is 7.89. The molecule has 8 nitrogen and oxygen atoms in total. The molecular formula is C21H20ClN5O3S. The van der Waals surface area contributed by atoms with E-state index in [2.05, 4.69) is 15.4 Å². The Balaban J connectivity index is 1.55. The predicted octanol–water partition coefficient (Wildman–Crippen LogP) is 3.12. The SMILES string of the molecule is CS(=O)(=O)Cc1nc2ccccc2n1CC(=O)Nc1ccnn1Cc1ccc(Cl)cc1. The number of fused-ring (bicyclic) bond motifs is 1. The Kier molecular flexibility index (Phi) is 5.79. The Bertz CT molecular complexity index is 1340. The van der Waals surface area contributed by atoms with Crippen LogP contribution in [0.25, 0.3) is 11.0 Å². The fraction of sp³-hybridized carbons (Fsp3) is 0.190. The van der Waals surface area contributed by atoms with Crippen LogP contribution in [-0.4, -0.2) is 39.9 Å². The molecule has 160 valence electrons. The number of amides is 1. The minimum Gasteiger partial charge on any atom is -0.318 e. The maximum Gasteiger partial charge on any atom is 0.245 e. The van der Waals surface area contributed by atoms with Gasteiger partial charge in [0, 0.05) is 17.3 Å². The Morgan fingerprint density at radius 2 is 1.84 bits per heavy atom. The topological polar surface area (TPSA) is 98.9 Å². The van der Waals surface area contributed by atoms with Crippen LogP contribution in [0.4, 0.5) is 5.82 Å². The summed E-state index contributed by atoms with van der Waals surface area (Å²) < 4.78 is 27.0. The van der Waals surface area contributed by atoms with E-state index in [1.807, 2.05) is 30.3 Å². The fourth-order valence-electron chi connectivity index (χ4n) is 3.30. The van der Waals surface area contributed by atoms with E-state index in [1.54, 1.807) is 39.7 Å². The number of imidazole rings is 1. The summed E-state index contributed by atoms with van der Waals surface area (Å²) in [5.74, 6) is 0.307. The number of aromatic nitrogens is 4. The Morgan fingerprint density at radius 3 is 2.58 bits per heavy atom. The molecule has 2 aromatic carbocycles. The molecule has 1 amide bonds. The summed E-state index contributed by atoms with van der Waals surface area (Å²) in [6, 6.07) is 16.3. The van der Waals surface area contributed by atoms with Gasteiger partial charge in [0.15, 0.2) is 9.84 Å². The molecule has 0 aliphatic carbocycles. The molecule has 0 fully saturated rings. The number of rotatable bonds is 7. The van der Waals surface area contributed by atoms with Gasteiger partial charge in [-0.3, -0.25) is 4.79 Å². The fourth-order valence-corrected chi connectivity index (χ4v) is 4.12. The van der Waals surface area contributed by atoms with Crippen LogP contribution in [0.5, 0.6) is 0 Å². The Labute approximate surface area is 184 Å². The lowest BCUT2D eigenvalue weighted by molar-refractivity contribution is -0.116. The Hall–Kier alpha value is -3.17. The van der Waals surface area contributed by atoms with E-state index in [0.29, 0.717) is 34.2 Å². The van der Waals surface area contributed by atoms with Crippen molar-refractivity contribution in [2.75, 3.05) is 11.6 Å². The summed E-state index contributed by atoms with van der Waals surface area (Å²) in [5.41, 5.74) is 2.33. The largest absolute Gasteiger partial charge is 0.318 e. The number of carbonyl (C=O) groups is 1. The first-order chi connectivity index (χ1) is 14.8. The summed E-state index contributed by atoms with van der Waals surface area (Å²) in [6.07, 6.45) is 2.75. The molecule has 31 heavy (non-hydrogen) atoms. The van der Waals surface area contributed by atoms with E-state index in [-0.39, 0.29) is 18.2 Å². The molecule has 0 aliphatic heterocycles. The molecule has 0 saturated heterocycles. The van der Waals surface area contributed by atoms with Crippen molar-refractivity contribution in [3.05, 3.63) is 77.2 Å². The highest BCUT2D eigenvalue weighted by atomic mass is 35.5. The van der Waals surface area contributed by atoms with E-state index in [1.165, 1.54) is 0 Å². The number of nitrogens with zero attached hydrogens (tertiary/aromatic N) is 4. The van der Waals surface area contributed by atoms with Crippen LogP contribution < -0.4 is 5.32 Å². The maximum absolute atomic E-state index is 12.8. The van der Waals surface area contributed by atoms with E-state index < -0.39 is 9.84 Å². The van der Waals surface area contributed by atoms with Crippen LogP contribution in [0.2, 0.25) is 5.02 Å². The van der Waals surface area contributed by atoms with Crippen molar-refractivity contribution >= 4 is 44.2 Å². The lowest BCUT2D eigenvalue weighted by Gasteiger charge is -2.11. The van der Waals surface area contributed by atoms with Gasteiger partial charge in [-0.05, 0) is 29.8 Å². The molecule has 2 heterocycles. The third-order valence-corrected chi connectivity index (χ3v) is 5.69. The number of hydrogen-bond donors (Lipinski definition) is 1. The first-order valence-electron chi connectivity index (χ1n) is 9.46. The van der Waals surface area contributed by atoms with E-state index in [9.17, 15) is 13.2 Å². The predicted molar refractivity (Wildman–Crippen MR) is 120 cm³/mol. The lowest BCUT2D eigenvalue weighted by Crippen LogP contribution is -2.22. The second kappa shape index (κ2) is 8.52. The summed E-state index contributed by atoms with van der Waals surface area (Å²) in [6.45, 7) is 0.393. The molecule has 0 radical (unpaired) electrons. The Morgan fingerprint density at radius 1 is 1.10 bits per heavy atom. The van der Waals surface area contributed by atoms with Crippen molar-refractivity contribution < 1.29 is 13.2 Å². The van der Waals surface area contributed by atoms with Crippen molar-refractivity contribution in [2.24, 2.45) is 0 Å². The lowest BCUT2D eigenvalue weighted by atomic mass is 10.2. The standard InChI is InChI=1S/C21H20ClN5O3S/c1-31(29,30)14-20-24-17-4-2-3-5-18(17)26(20)13-21(28)25-19-10-11-23-27(19)12-15-6-8-16(22)9-7-15/h2-11H,12-14H2,1H3,(H,25,28). The number of para-hydroxylation sites is 2. The van der Waals surface area contributed by atoms with Crippen molar-refractivity contribution in [3.8, 4) is 0 Å². The number of hydrogen-bond acceptors (Lipinski definition) is 5. The first kappa shape index (κ1) is 21.1. The highest BCUT2D eigenvalue weighted by Gasteiger charge is 2.18. The van der Waals surface area contributed by atoms with Gasteiger partial charge in [-0.25, -0.2) is 18.1 Å². The first-order valence-corrected chi connectivity index (χ1v) is 11.9. The molecule has 0 spiro atoms. The van der Waals surface area contributed by atoms with Crippen molar-refractivity contribution in [2.45, 2.75) is 18.8 Å².